The fraction of sp³-hybridized carbons (Fsp3) is 0.500. The third kappa shape index (κ3) is 4.91. The molecule has 13 heavy (non-hydrogen) atoms. The molecule has 72 valence electrons. The van der Waals surface area contributed by atoms with E-state index in [1.807, 2.05) is 6.08 Å². The number of hydrogen-bond acceptors (Lipinski definition) is 0. The highest BCUT2D eigenvalue weighted by Crippen LogP contribution is 2.26. The normalized spacial score (nSPS) is 11.3. The Bertz CT molecular complexity index is 257. The standard InChI is InChI=1S/C12H19P/c1-6-7-12(13)11(10(4)5)8-9(2)3/h1,7,9H,8,13H2,2-5H3/b12-7+. The first-order valence-electron chi connectivity index (χ1n) is 4.57. The highest BCUT2D eigenvalue weighted by Gasteiger charge is 2.04. The summed E-state index contributed by atoms with van der Waals surface area (Å²) < 4.78 is 0. The van der Waals surface area contributed by atoms with Gasteiger partial charge in [0.25, 0.3) is 0 Å². The van der Waals surface area contributed by atoms with E-state index in [0.29, 0.717) is 5.92 Å². The van der Waals surface area contributed by atoms with Crippen molar-refractivity contribution in [1.29, 1.82) is 0 Å². The molecule has 0 spiro atoms. The van der Waals surface area contributed by atoms with Crippen molar-refractivity contribution in [1.82, 2.24) is 0 Å². The molecular formula is C12H19P. The molecule has 0 nitrogen and oxygen atoms in total. The van der Waals surface area contributed by atoms with E-state index >= 15 is 0 Å². The number of terminal acetylenes is 1. The summed E-state index contributed by atoms with van der Waals surface area (Å²) in [5.74, 6) is 3.23. The molecule has 0 saturated heterocycles. The third-order valence-corrected chi connectivity index (χ3v) is 2.32. The second kappa shape index (κ2) is 6.01. The van der Waals surface area contributed by atoms with Gasteiger partial charge in [0.05, 0.1) is 0 Å². The van der Waals surface area contributed by atoms with Crippen molar-refractivity contribution in [3.63, 3.8) is 0 Å². The zero-order chi connectivity index (χ0) is 10.4. The maximum Gasteiger partial charge on any atom is -0.00471 e. The molecule has 0 aliphatic rings. The van der Waals surface area contributed by atoms with Gasteiger partial charge >= 0.3 is 0 Å². The minimum Gasteiger partial charge on any atom is -0.115 e. The summed E-state index contributed by atoms with van der Waals surface area (Å²) in [5, 5.41) is 1.15. The van der Waals surface area contributed by atoms with E-state index < -0.39 is 0 Å². The van der Waals surface area contributed by atoms with Crippen LogP contribution in [-0.2, 0) is 0 Å². The molecule has 0 rings (SSSR count). The molecule has 0 aromatic heterocycles. The zero-order valence-electron chi connectivity index (χ0n) is 9.02. The van der Waals surface area contributed by atoms with Gasteiger partial charge in [-0.25, -0.2) is 0 Å². The Morgan fingerprint density at radius 3 is 2.31 bits per heavy atom. The largest absolute Gasteiger partial charge is 0.115 e. The third-order valence-electron chi connectivity index (χ3n) is 1.80. The number of allylic oxidation sites excluding steroid dienone is 4. The summed E-state index contributed by atoms with van der Waals surface area (Å²) in [5.41, 5.74) is 2.73. The van der Waals surface area contributed by atoms with Crippen molar-refractivity contribution < 1.29 is 0 Å². The van der Waals surface area contributed by atoms with Gasteiger partial charge in [0, 0.05) is 0 Å². The van der Waals surface area contributed by atoms with Crippen LogP contribution in [0.3, 0.4) is 0 Å². The molecule has 0 bridgehead atoms. The number of rotatable bonds is 3. The van der Waals surface area contributed by atoms with Gasteiger partial charge in [-0.15, -0.1) is 15.7 Å². The Labute approximate surface area is 84.7 Å². The second-order valence-corrected chi connectivity index (χ2v) is 4.46. The van der Waals surface area contributed by atoms with Gasteiger partial charge in [-0.05, 0) is 43.1 Å². The Kier molecular flexibility index (Phi) is 5.76. The van der Waals surface area contributed by atoms with Gasteiger partial charge in [-0.2, -0.15) is 0 Å². The van der Waals surface area contributed by atoms with Crippen LogP contribution in [0.1, 0.15) is 34.1 Å². The molecular weight excluding hydrogens is 175 g/mol. The van der Waals surface area contributed by atoms with Crippen molar-refractivity contribution in [2.24, 2.45) is 5.92 Å². The lowest BCUT2D eigenvalue weighted by atomic mass is 9.99. The molecule has 0 aromatic rings. The van der Waals surface area contributed by atoms with E-state index in [-0.39, 0.29) is 0 Å². The first-order valence-corrected chi connectivity index (χ1v) is 5.15. The van der Waals surface area contributed by atoms with E-state index in [4.69, 9.17) is 6.42 Å². The molecule has 0 aliphatic carbocycles. The summed E-state index contributed by atoms with van der Waals surface area (Å²) in [7, 11) is 2.71. The minimum absolute atomic E-state index is 0.673. The van der Waals surface area contributed by atoms with Gasteiger partial charge < -0.3 is 0 Å². The lowest BCUT2D eigenvalue weighted by Crippen LogP contribution is -1.94. The van der Waals surface area contributed by atoms with E-state index in [0.717, 1.165) is 11.7 Å². The Morgan fingerprint density at radius 2 is 2.00 bits per heavy atom. The molecule has 0 saturated carbocycles. The van der Waals surface area contributed by atoms with Crippen molar-refractivity contribution in [2.75, 3.05) is 0 Å². The summed E-state index contributed by atoms with van der Waals surface area (Å²) in [6.45, 7) is 8.70. The van der Waals surface area contributed by atoms with Crippen LogP contribution in [0, 0.1) is 18.3 Å². The van der Waals surface area contributed by atoms with E-state index in [9.17, 15) is 0 Å². The fourth-order valence-corrected chi connectivity index (χ4v) is 1.70. The molecule has 0 radical (unpaired) electrons. The van der Waals surface area contributed by atoms with E-state index in [2.05, 4.69) is 42.9 Å². The molecule has 1 unspecified atom stereocenters. The molecule has 1 heteroatoms. The van der Waals surface area contributed by atoms with Crippen LogP contribution in [-0.4, -0.2) is 0 Å². The highest BCUT2D eigenvalue weighted by molar-refractivity contribution is 7.23. The van der Waals surface area contributed by atoms with Crippen LogP contribution in [0.5, 0.6) is 0 Å². The molecule has 0 amide bonds. The maximum absolute atomic E-state index is 5.24. The fourth-order valence-electron chi connectivity index (χ4n) is 1.20. The average molecular weight is 194 g/mol. The van der Waals surface area contributed by atoms with Gasteiger partial charge in [-0.3, -0.25) is 0 Å². The summed E-state index contributed by atoms with van der Waals surface area (Å²) in [6, 6.07) is 0. The van der Waals surface area contributed by atoms with E-state index in [1.165, 1.54) is 11.1 Å². The van der Waals surface area contributed by atoms with Gasteiger partial charge in [0.2, 0.25) is 0 Å². The average Bonchev–Trinajstić information content (AvgIpc) is 1.99. The van der Waals surface area contributed by atoms with Crippen molar-refractivity contribution in [2.45, 2.75) is 34.1 Å². The maximum atomic E-state index is 5.24. The minimum atomic E-state index is 0.673. The Balaban J connectivity index is 4.77. The smallest absolute Gasteiger partial charge is 0.00471 e. The first-order chi connectivity index (χ1) is 5.99. The van der Waals surface area contributed by atoms with Crippen molar-refractivity contribution in [3.8, 4) is 12.3 Å². The predicted octanol–water partition coefficient (Wildman–Crippen LogP) is 3.76. The molecule has 0 aliphatic heterocycles. The molecule has 1 atom stereocenters. The quantitative estimate of drug-likeness (QED) is 0.364. The van der Waals surface area contributed by atoms with Crippen molar-refractivity contribution >= 4 is 9.24 Å². The second-order valence-electron chi connectivity index (χ2n) is 3.84. The monoisotopic (exact) mass is 194 g/mol. The van der Waals surface area contributed by atoms with Crippen LogP contribution in [0.25, 0.3) is 0 Å². The van der Waals surface area contributed by atoms with Gasteiger partial charge in [-0.1, -0.05) is 25.3 Å². The highest BCUT2D eigenvalue weighted by atomic mass is 31.0. The van der Waals surface area contributed by atoms with Gasteiger partial charge in [0.1, 0.15) is 0 Å². The topological polar surface area (TPSA) is 0 Å². The summed E-state index contributed by atoms with van der Waals surface area (Å²) in [4.78, 5) is 0. The van der Waals surface area contributed by atoms with Crippen LogP contribution >= 0.6 is 9.24 Å². The van der Waals surface area contributed by atoms with Crippen LogP contribution in [0.4, 0.5) is 0 Å². The molecule has 0 fully saturated rings. The Morgan fingerprint density at radius 1 is 1.46 bits per heavy atom. The van der Waals surface area contributed by atoms with Crippen molar-refractivity contribution in [3.05, 3.63) is 22.5 Å². The van der Waals surface area contributed by atoms with Crippen LogP contribution in [0.2, 0.25) is 0 Å². The SMILES string of the molecule is C#C/C=C(/P)C(CC(C)C)=C(C)C. The summed E-state index contributed by atoms with van der Waals surface area (Å²) in [6.07, 6.45) is 8.15. The summed E-state index contributed by atoms with van der Waals surface area (Å²) >= 11 is 0. The van der Waals surface area contributed by atoms with Crippen LogP contribution < -0.4 is 0 Å². The van der Waals surface area contributed by atoms with Gasteiger partial charge in [0.15, 0.2) is 0 Å². The number of hydrogen-bond donors (Lipinski definition) is 0. The first kappa shape index (κ1) is 12.5. The molecule has 0 N–H and O–H groups in total. The predicted molar refractivity (Wildman–Crippen MR) is 64.5 cm³/mol. The lowest BCUT2D eigenvalue weighted by Gasteiger charge is -2.12. The van der Waals surface area contributed by atoms with E-state index in [1.54, 1.807) is 0 Å². The molecule has 0 heterocycles. The zero-order valence-corrected chi connectivity index (χ0v) is 10.2. The lowest BCUT2D eigenvalue weighted by molar-refractivity contribution is 0.645. The Hall–Kier alpha value is -0.530. The van der Waals surface area contributed by atoms with Crippen LogP contribution in [0.15, 0.2) is 22.5 Å². The molecule has 0 aromatic carbocycles.